The van der Waals surface area contributed by atoms with Gasteiger partial charge in [0.2, 0.25) is 5.89 Å². The van der Waals surface area contributed by atoms with E-state index in [0.29, 0.717) is 5.89 Å². The summed E-state index contributed by atoms with van der Waals surface area (Å²) < 4.78 is 4.82. The number of nitrogens with zero attached hydrogens (tertiary/aromatic N) is 2. The predicted molar refractivity (Wildman–Crippen MR) is 46.2 cm³/mol. The fourth-order valence-electron chi connectivity index (χ4n) is 0.602. The quantitative estimate of drug-likeness (QED) is 0.692. The Morgan fingerprint density at radius 1 is 1.73 bits per heavy atom. The Morgan fingerprint density at radius 3 is 3.09 bits per heavy atom. The van der Waals surface area contributed by atoms with Crippen LogP contribution in [-0.2, 0) is 5.75 Å². The summed E-state index contributed by atoms with van der Waals surface area (Å²) in [5.74, 6) is 3.12. The zero-order valence-corrected chi connectivity index (χ0v) is 7.23. The van der Waals surface area contributed by atoms with Crippen molar-refractivity contribution in [1.29, 1.82) is 0 Å². The van der Waals surface area contributed by atoms with Gasteiger partial charge in [-0.1, -0.05) is 18.7 Å². The van der Waals surface area contributed by atoms with Gasteiger partial charge in [-0.15, -0.1) is 0 Å². The molecule has 0 aromatic carbocycles. The zero-order chi connectivity index (χ0) is 8.10. The molecule has 0 atom stereocenters. The van der Waals surface area contributed by atoms with E-state index in [0.717, 1.165) is 17.3 Å². The highest BCUT2D eigenvalue weighted by atomic mass is 32.2. The van der Waals surface area contributed by atoms with Crippen molar-refractivity contribution in [3.63, 3.8) is 0 Å². The van der Waals surface area contributed by atoms with Crippen LogP contribution in [-0.4, -0.2) is 15.9 Å². The van der Waals surface area contributed by atoms with Crippen LogP contribution in [0.5, 0.6) is 0 Å². The van der Waals surface area contributed by atoms with Crippen LogP contribution in [0.1, 0.15) is 18.6 Å². The van der Waals surface area contributed by atoms with Crippen molar-refractivity contribution in [1.82, 2.24) is 10.1 Å². The van der Waals surface area contributed by atoms with Crippen molar-refractivity contribution in [2.24, 2.45) is 0 Å². The van der Waals surface area contributed by atoms with Crippen molar-refractivity contribution < 1.29 is 4.52 Å². The Bertz CT molecular complexity index is 234. The lowest BCUT2D eigenvalue weighted by Crippen LogP contribution is -1.83. The smallest absolute Gasteiger partial charge is 0.250 e. The summed E-state index contributed by atoms with van der Waals surface area (Å²) in [5, 5.41) is 3.75. The van der Waals surface area contributed by atoms with Gasteiger partial charge in [-0.05, 0) is 11.8 Å². The summed E-state index contributed by atoms with van der Waals surface area (Å²) in [7, 11) is 0. The normalized spacial score (nSPS) is 9.91. The lowest BCUT2D eigenvalue weighted by molar-refractivity contribution is 0.405. The first-order chi connectivity index (χ1) is 5.36. The van der Waals surface area contributed by atoms with Crippen LogP contribution in [0.3, 0.4) is 0 Å². The van der Waals surface area contributed by atoms with Crippen molar-refractivity contribution >= 4 is 17.8 Å². The fraction of sp³-hybridized carbons (Fsp3) is 0.429. The summed E-state index contributed by atoms with van der Waals surface area (Å²) in [4.78, 5) is 4.05. The summed E-state index contributed by atoms with van der Waals surface area (Å²) >= 11 is 1.77. The van der Waals surface area contributed by atoms with Crippen molar-refractivity contribution in [3.05, 3.63) is 18.3 Å². The average molecular weight is 170 g/mol. The van der Waals surface area contributed by atoms with Crippen LogP contribution >= 0.6 is 11.8 Å². The van der Waals surface area contributed by atoms with Gasteiger partial charge in [-0.2, -0.15) is 16.7 Å². The Balaban J connectivity index is 2.51. The van der Waals surface area contributed by atoms with Crippen molar-refractivity contribution in [2.45, 2.75) is 12.7 Å². The van der Waals surface area contributed by atoms with Gasteiger partial charge in [-0.25, -0.2) is 0 Å². The summed E-state index contributed by atoms with van der Waals surface area (Å²) in [6.45, 7) is 5.62. The standard InChI is InChI=1S/C7H10N2OS/c1-3-7-8-6(9-10-7)5-11-4-2/h3H,1,4-5H2,2H3. The molecule has 3 nitrogen and oxygen atoms in total. The van der Waals surface area contributed by atoms with Gasteiger partial charge in [0.1, 0.15) is 0 Å². The lowest BCUT2D eigenvalue weighted by atomic mass is 10.6. The van der Waals surface area contributed by atoms with Crippen LogP contribution in [0, 0.1) is 0 Å². The average Bonchev–Trinajstić information content (AvgIpc) is 2.48. The highest BCUT2D eigenvalue weighted by molar-refractivity contribution is 7.98. The summed E-state index contributed by atoms with van der Waals surface area (Å²) in [5.41, 5.74) is 0. The Labute approximate surface area is 69.9 Å². The van der Waals surface area contributed by atoms with Gasteiger partial charge in [-0.3, -0.25) is 0 Å². The van der Waals surface area contributed by atoms with Gasteiger partial charge >= 0.3 is 0 Å². The van der Waals surface area contributed by atoms with E-state index in [-0.39, 0.29) is 0 Å². The van der Waals surface area contributed by atoms with Crippen molar-refractivity contribution in [3.8, 4) is 0 Å². The zero-order valence-electron chi connectivity index (χ0n) is 6.41. The van der Waals surface area contributed by atoms with Crippen LogP contribution in [0.2, 0.25) is 0 Å². The first-order valence-electron chi connectivity index (χ1n) is 3.39. The van der Waals surface area contributed by atoms with Gasteiger partial charge in [0.15, 0.2) is 5.82 Å². The number of hydrogen-bond acceptors (Lipinski definition) is 4. The van der Waals surface area contributed by atoms with E-state index in [1.807, 2.05) is 0 Å². The molecule has 0 N–H and O–H groups in total. The van der Waals surface area contributed by atoms with Crippen molar-refractivity contribution in [2.75, 3.05) is 5.75 Å². The molecule has 0 radical (unpaired) electrons. The molecule has 0 aliphatic rings. The maximum absolute atomic E-state index is 4.82. The molecule has 0 unspecified atom stereocenters. The number of aromatic nitrogens is 2. The van der Waals surface area contributed by atoms with Crippen LogP contribution in [0.15, 0.2) is 11.1 Å². The second kappa shape index (κ2) is 4.18. The minimum atomic E-state index is 0.497. The first-order valence-corrected chi connectivity index (χ1v) is 4.55. The molecule has 0 amide bonds. The molecule has 0 saturated carbocycles. The minimum Gasteiger partial charge on any atom is -0.335 e. The van der Waals surface area contributed by atoms with Crippen LogP contribution in [0.4, 0.5) is 0 Å². The fourth-order valence-corrected chi connectivity index (χ4v) is 1.11. The Kier molecular flexibility index (Phi) is 3.16. The van der Waals surface area contributed by atoms with Crippen LogP contribution in [0.25, 0.3) is 6.08 Å². The second-order valence-electron chi connectivity index (χ2n) is 1.89. The molecule has 4 heteroatoms. The molecule has 0 fully saturated rings. The highest BCUT2D eigenvalue weighted by Crippen LogP contribution is 2.08. The summed E-state index contributed by atoms with van der Waals surface area (Å²) in [6, 6.07) is 0. The molecule has 0 aliphatic carbocycles. The molecule has 1 heterocycles. The first kappa shape index (κ1) is 8.33. The third-order valence-corrected chi connectivity index (χ3v) is 1.96. The number of rotatable bonds is 4. The van der Waals surface area contributed by atoms with E-state index in [1.54, 1.807) is 17.8 Å². The maximum atomic E-state index is 4.82. The SMILES string of the molecule is C=Cc1nc(CSCC)no1. The lowest BCUT2D eigenvalue weighted by Gasteiger charge is -1.87. The third-order valence-electron chi connectivity index (χ3n) is 1.09. The van der Waals surface area contributed by atoms with E-state index in [2.05, 4.69) is 23.6 Å². The molecular formula is C7H10N2OS. The molecule has 11 heavy (non-hydrogen) atoms. The van der Waals surface area contributed by atoms with Gasteiger partial charge in [0, 0.05) is 0 Å². The number of thioether (sulfide) groups is 1. The molecule has 0 spiro atoms. The van der Waals surface area contributed by atoms with E-state index < -0.39 is 0 Å². The monoisotopic (exact) mass is 170 g/mol. The molecule has 1 rings (SSSR count). The maximum Gasteiger partial charge on any atom is 0.250 e. The molecule has 1 aromatic heterocycles. The van der Waals surface area contributed by atoms with Gasteiger partial charge < -0.3 is 4.52 Å². The molecule has 0 bridgehead atoms. The minimum absolute atomic E-state index is 0.497. The Hall–Kier alpha value is -0.770. The van der Waals surface area contributed by atoms with E-state index in [1.165, 1.54) is 0 Å². The molecule has 1 aromatic rings. The number of hydrogen-bond donors (Lipinski definition) is 0. The molecular weight excluding hydrogens is 160 g/mol. The second-order valence-corrected chi connectivity index (χ2v) is 3.16. The van der Waals surface area contributed by atoms with Gasteiger partial charge in [0.25, 0.3) is 0 Å². The third kappa shape index (κ3) is 2.38. The molecule has 0 saturated heterocycles. The molecule has 0 aliphatic heterocycles. The van der Waals surface area contributed by atoms with Crippen LogP contribution < -0.4 is 0 Å². The highest BCUT2D eigenvalue weighted by Gasteiger charge is 2.00. The Morgan fingerprint density at radius 2 is 2.55 bits per heavy atom. The summed E-state index contributed by atoms with van der Waals surface area (Å²) in [6.07, 6.45) is 1.55. The largest absolute Gasteiger partial charge is 0.335 e. The van der Waals surface area contributed by atoms with Gasteiger partial charge in [0.05, 0.1) is 5.75 Å². The predicted octanol–water partition coefficient (Wildman–Crippen LogP) is 1.97. The topological polar surface area (TPSA) is 38.9 Å². The van der Waals surface area contributed by atoms with E-state index in [4.69, 9.17) is 4.52 Å². The van der Waals surface area contributed by atoms with E-state index in [9.17, 15) is 0 Å². The van der Waals surface area contributed by atoms with E-state index >= 15 is 0 Å². The molecule has 60 valence electrons.